The topological polar surface area (TPSA) is 32.3 Å². The van der Waals surface area contributed by atoms with Crippen molar-refractivity contribution < 1.29 is 4.79 Å². The fourth-order valence-electron chi connectivity index (χ4n) is 1.78. The zero-order valence-electron chi connectivity index (χ0n) is 11.0. The van der Waals surface area contributed by atoms with E-state index in [1.165, 1.54) is 4.31 Å². The first-order valence-electron chi connectivity index (χ1n) is 6.25. The maximum absolute atomic E-state index is 12.0. The molecule has 6 heteroatoms. The van der Waals surface area contributed by atoms with E-state index in [9.17, 15) is 4.79 Å². The Balaban J connectivity index is 1.90. The van der Waals surface area contributed by atoms with Crippen LogP contribution in [-0.4, -0.2) is 12.6 Å². The van der Waals surface area contributed by atoms with E-state index in [4.69, 9.17) is 23.2 Å². The Kier molecular flexibility index (Phi) is 5.79. The van der Waals surface area contributed by atoms with Gasteiger partial charge in [0.15, 0.2) is 0 Å². The number of urea groups is 1. The molecule has 0 fully saturated rings. The molecule has 0 unspecified atom stereocenters. The zero-order valence-corrected chi connectivity index (χ0v) is 13.4. The molecule has 0 spiro atoms. The second-order valence-electron chi connectivity index (χ2n) is 4.25. The SMILES string of the molecule is O=C(NCCc1c(Cl)cccc1Cl)N(S)c1cc[c]cc1. The number of nitrogens with zero attached hydrogens (tertiary/aromatic N) is 1. The van der Waals surface area contributed by atoms with Crippen molar-refractivity contribution in [1.29, 1.82) is 0 Å². The smallest absolute Gasteiger partial charge is 0.331 e. The van der Waals surface area contributed by atoms with Crippen LogP contribution < -0.4 is 9.62 Å². The first-order valence-corrected chi connectivity index (χ1v) is 7.41. The lowest BCUT2D eigenvalue weighted by Gasteiger charge is -2.16. The minimum Gasteiger partial charge on any atom is -0.337 e. The van der Waals surface area contributed by atoms with Gasteiger partial charge in [0.25, 0.3) is 0 Å². The molecule has 3 nitrogen and oxygen atoms in total. The largest absolute Gasteiger partial charge is 0.337 e. The number of hydrogen-bond acceptors (Lipinski definition) is 2. The highest BCUT2D eigenvalue weighted by molar-refractivity contribution is 7.82. The summed E-state index contributed by atoms with van der Waals surface area (Å²) < 4.78 is 1.24. The number of amides is 2. The van der Waals surface area contributed by atoms with Gasteiger partial charge >= 0.3 is 6.03 Å². The van der Waals surface area contributed by atoms with Crippen LogP contribution >= 0.6 is 36.0 Å². The van der Waals surface area contributed by atoms with Crippen LogP contribution in [0.2, 0.25) is 10.0 Å². The van der Waals surface area contributed by atoms with Crippen LogP contribution in [0.3, 0.4) is 0 Å². The number of nitrogens with one attached hydrogen (secondary N) is 1. The first kappa shape index (κ1) is 16.0. The van der Waals surface area contributed by atoms with Gasteiger partial charge < -0.3 is 5.32 Å². The van der Waals surface area contributed by atoms with Crippen molar-refractivity contribution in [2.24, 2.45) is 0 Å². The number of halogens is 2. The van der Waals surface area contributed by atoms with Gasteiger partial charge in [-0.25, -0.2) is 9.10 Å². The molecule has 2 rings (SSSR count). The van der Waals surface area contributed by atoms with Gasteiger partial charge in [-0.2, -0.15) is 0 Å². The van der Waals surface area contributed by atoms with Crippen LogP contribution in [0.15, 0.2) is 42.5 Å². The Bertz CT molecular complexity index is 602. The Morgan fingerprint density at radius 1 is 1.19 bits per heavy atom. The summed E-state index contributed by atoms with van der Waals surface area (Å²) in [5.41, 5.74) is 1.49. The van der Waals surface area contributed by atoms with Crippen molar-refractivity contribution in [2.75, 3.05) is 10.8 Å². The van der Waals surface area contributed by atoms with E-state index in [0.717, 1.165) is 5.56 Å². The van der Waals surface area contributed by atoms with Crippen molar-refractivity contribution in [3.63, 3.8) is 0 Å². The van der Waals surface area contributed by atoms with E-state index in [1.807, 2.05) is 0 Å². The van der Waals surface area contributed by atoms with Crippen molar-refractivity contribution in [3.05, 3.63) is 64.1 Å². The summed E-state index contributed by atoms with van der Waals surface area (Å²) >= 11 is 16.3. The van der Waals surface area contributed by atoms with E-state index in [-0.39, 0.29) is 6.03 Å². The van der Waals surface area contributed by atoms with Crippen LogP contribution in [0.25, 0.3) is 0 Å². The standard InChI is InChI=1S/C15H13Cl2N2OS/c16-13-7-4-8-14(17)12(13)9-10-18-15(20)19(21)11-5-2-1-3-6-11/h2-8,21H,9-10H2,(H,18,20). The monoisotopic (exact) mass is 339 g/mol. The highest BCUT2D eigenvalue weighted by Crippen LogP contribution is 2.24. The average Bonchev–Trinajstić information content (AvgIpc) is 2.50. The summed E-state index contributed by atoms with van der Waals surface area (Å²) in [7, 11) is 0. The van der Waals surface area contributed by atoms with Gasteiger partial charge in [-0.05, 0) is 42.3 Å². The lowest BCUT2D eigenvalue weighted by Crippen LogP contribution is -2.35. The molecule has 0 saturated carbocycles. The normalized spacial score (nSPS) is 10.2. The molecule has 0 atom stereocenters. The molecular formula is C15H13Cl2N2OS. The van der Waals surface area contributed by atoms with E-state index in [2.05, 4.69) is 24.2 Å². The highest BCUT2D eigenvalue weighted by Gasteiger charge is 2.11. The summed E-state index contributed by atoms with van der Waals surface area (Å²) in [5.74, 6) is 0. The number of carbonyl (C=O) groups excluding carboxylic acids is 1. The second kappa shape index (κ2) is 7.59. The molecular weight excluding hydrogens is 327 g/mol. The lowest BCUT2D eigenvalue weighted by atomic mass is 10.1. The van der Waals surface area contributed by atoms with Crippen molar-refractivity contribution >= 4 is 47.7 Å². The second-order valence-corrected chi connectivity index (χ2v) is 5.47. The Hall–Kier alpha value is -1.36. The summed E-state index contributed by atoms with van der Waals surface area (Å²) in [4.78, 5) is 12.0. The van der Waals surface area contributed by atoms with Crippen LogP contribution in [0.5, 0.6) is 0 Å². The summed E-state index contributed by atoms with van der Waals surface area (Å²) in [6.45, 7) is 0.415. The number of carbonyl (C=O) groups is 1. The summed E-state index contributed by atoms with van der Waals surface area (Å²) in [6, 6.07) is 14.8. The van der Waals surface area contributed by atoms with E-state index in [1.54, 1.807) is 42.5 Å². The molecule has 1 N–H and O–H groups in total. The summed E-state index contributed by atoms with van der Waals surface area (Å²) in [6.07, 6.45) is 0.550. The molecule has 0 bridgehead atoms. The highest BCUT2D eigenvalue weighted by atomic mass is 35.5. The number of thiol groups is 1. The molecule has 1 radical (unpaired) electrons. The third-order valence-electron chi connectivity index (χ3n) is 2.85. The molecule has 2 aromatic carbocycles. The summed E-state index contributed by atoms with van der Waals surface area (Å²) in [5, 5.41) is 3.96. The van der Waals surface area contributed by atoms with Gasteiger partial charge in [-0.1, -0.05) is 54.2 Å². The quantitative estimate of drug-likeness (QED) is 0.795. The van der Waals surface area contributed by atoms with Crippen molar-refractivity contribution in [3.8, 4) is 0 Å². The van der Waals surface area contributed by atoms with E-state index in [0.29, 0.717) is 28.7 Å². The number of benzene rings is 2. The van der Waals surface area contributed by atoms with Crippen LogP contribution in [0.1, 0.15) is 5.56 Å². The van der Waals surface area contributed by atoms with Gasteiger partial charge in [0.1, 0.15) is 0 Å². The van der Waals surface area contributed by atoms with E-state index >= 15 is 0 Å². The van der Waals surface area contributed by atoms with Crippen LogP contribution in [-0.2, 0) is 6.42 Å². The van der Waals surface area contributed by atoms with Gasteiger partial charge in [-0.3, -0.25) is 0 Å². The van der Waals surface area contributed by atoms with E-state index < -0.39 is 0 Å². The number of anilines is 1. The minimum absolute atomic E-state index is 0.312. The molecule has 2 aromatic rings. The molecule has 2 amide bonds. The number of hydrogen-bond donors (Lipinski definition) is 2. The minimum atomic E-state index is -0.312. The van der Waals surface area contributed by atoms with Gasteiger partial charge in [0.2, 0.25) is 0 Å². The third-order valence-corrected chi connectivity index (χ3v) is 3.97. The number of rotatable bonds is 4. The van der Waals surface area contributed by atoms with Gasteiger partial charge in [-0.15, -0.1) is 0 Å². The predicted molar refractivity (Wildman–Crippen MR) is 90.3 cm³/mol. The fraction of sp³-hybridized carbons (Fsp3) is 0.133. The molecule has 0 aliphatic heterocycles. The molecule has 0 saturated heterocycles. The molecule has 0 aliphatic rings. The Labute approximate surface area is 139 Å². The van der Waals surface area contributed by atoms with Crippen LogP contribution in [0, 0.1) is 6.07 Å². The van der Waals surface area contributed by atoms with Gasteiger partial charge in [0.05, 0.1) is 5.69 Å². The Morgan fingerprint density at radius 2 is 1.81 bits per heavy atom. The molecule has 21 heavy (non-hydrogen) atoms. The molecule has 109 valence electrons. The van der Waals surface area contributed by atoms with Gasteiger partial charge in [0, 0.05) is 16.6 Å². The van der Waals surface area contributed by atoms with Crippen molar-refractivity contribution in [1.82, 2.24) is 5.32 Å². The third kappa shape index (κ3) is 4.30. The maximum atomic E-state index is 12.0. The van der Waals surface area contributed by atoms with Crippen molar-refractivity contribution in [2.45, 2.75) is 6.42 Å². The molecule has 0 aromatic heterocycles. The maximum Gasteiger partial charge on any atom is 0.331 e. The zero-order chi connectivity index (χ0) is 15.2. The van der Waals surface area contributed by atoms with Crippen LogP contribution in [0.4, 0.5) is 10.5 Å². The average molecular weight is 340 g/mol. The lowest BCUT2D eigenvalue weighted by molar-refractivity contribution is 0.250. The fourth-order valence-corrected chi connectivity index (χ4v) is 2.57. The Morgan fingerprint density at radius 3 is 2.43 bits per heavy atom. The molecule has 0 heterocycles. The molecule has 0 aliphatic carbocycles. The first-order chi connectivity index (χ1) is 10.1. The predicted octanol–water partition coefficient (Wildman–Crippen LogP) is 4.40.